The predicted molar refractivity (Wildman–Crippen MR) is 92.1 cm³/mol. The van der Waals surface area contributed by atoms with Gasteiger partial charge in [-0.25, -0.2) is 0 Å². The second-order valence-corrected chi connectivity index (χ2v) is 7.29. The molecule has 6 nitrogen and oxygen atoms in total. The van der Waals surface area contributed by atoms with E-state index in [2.05, 4.69) is 0 Å². The summed E-state index contributed by atoms with van der Waals surface area (Å²) in [7, 11) is 0. The summed E-state index contributed by atoms with van der Waals surface area (Å²) in [6, 6.07) is 2.47. The fourth-order valence-electron chi connectivity index (χ4n) is 3.01. The Hall–Kier alpha value is -1.05. The molecule has 1 aliphatic rings. The van der Waals surface area contributed by atoms with Gasteiger partial charge in [0.15, 0.2) is 6.10 Å². The number of amides is 1. The minimum absolute atomic E-state index is 0.00710. The van der Waals surface area contributed by atoms with Gasteiger partial charge in [-0.05, 0) is 24.3 Å². The van der Waals surface area contributed by atoms with Crippen LogP contribution in [0.25, 0.3) is 0 Å². The van der Waals surface area contributed by atoms with E-state index in [1.807, 2.05) is 6.92 Å². The monoisotopic (exact) mass is 376 g/mol. The summed E-state index contributed by atoms with van der Waals surface area (Å²) in [6.07, 6.45) is -0.197. The van der Waals surface area contributed by atoms with Crippen molar-refractivity contribution in [2.75, 3.05) is 19.7 Å². The summed E-state index contributed by atoms with van der Waals surface area (Å²) in [6.45, 7) is 2.23. The predicted octanol–water partition coefficient (Wildman–Crippen LogP) is 1.68. The Bertz CT molecular complexity index is 618. The smallest absolute Gasteiger partial charge is 0.253 e. The molecule has 0 spiro atoms. The molecule has 5 N–H and O–H groups in total. The number of nitrogens with zero attached hydrogens (tertiary/aromatic N) is 1. The third-order valence-electron chi connectivity index (χ3n) is 4.83. The number of phenols is 1. The Kier molecular flexibility index (Phi) is 5.99. The third kappa shape index (κ3) is 3.78. The molecule has 0 bridgehead atoms. The molecule has 1 aromatic carbocycles. The van der Waals surface area contributed by atoms with Crippen LogP contribution in [0.15, 0.2) is 12.1 Å². The Balaban J connectivity index is 2.13. The zero-order chi connectivity index (χ0) is 18.1. The Morgan fingerprint density at radius 2 is 1.88 bits per heavy atom. The number of carbonyl (C=O) groups excluding carboxylic acids is 1. The van der Waals surface area contributed by atoms with Crippen LogP contribution >= 0.6 is 23.2 Å². The highest BCUT2D eigenvalue weighted by atomic mass is 35.5. The average Bonchev–Trinajstić information content (AvgIpc) is 2.56. The number of benzene rings is 1. The Morgan fingerprint density at radius 1 is 1.33 bits per heavy atom. The molecule has 0 radical (unpaired) electrons. The van der Waals surface area contributed by atoms with Crippen LogP contribution in [-0.2, 0) is 4.79 Å². The van der Waals surface area contributed by atoms with E-state index in [9.17, 15) is 15.0 Å². The maximum atomic E-state index is 11.9. The number of phenolic OH excluding ortho intramolecular Hbond substituents is 1. The molecule has 2 atom stereocenters. The number of hydrogen-bond acceptors (Lipinski definition) is 5. The van der Waals surface area contributed by atoms with Crippen molar-refractivity contribution in [1.82, 2.24) is 4.90 Å². The van der Waals surface area contributed by atoms with Crippen molar-refractivity contribution in [3.8, 4) is 5.75 Å². The van der Waals surface area contributed by atoms with Gasteiger partial charge in [-0.2, -0.15) is 0 Å². The zero-order valence-corrected chi connectivity index (χ0v) is 14.9. The largest absolute Gasteiger partial charge is 0.508 e. The number of likely N-dealkylation sites (tertiary alicyclic amines) is 1. The SMILES string of the molecule is CC1(C(N)c2cc(Cl)c(Cl)cc2O)CCN(C(=O)C(O)CO)CC1. The average molecular weight is 377 g/mol. The number of halogens is 2. The van der Waals surface area contributed by atoms with Crippen molar-refractivity contribution >= 4 is 29.1 Å². The molecule has 8 heteroatoms. The fourth-order valence-corrected chi connectivity index (χ4v) is 3.34. The Labute approximate surface area is 150 Å². The summed E-state index contributed by atoms with van der Waals surface area (Å²) in [5.74, 6) is -0.488. The number of aromatic hydroxyl groups is 1. The molecule has 24 heavy (non-hydrogen) atoms. The van der Waals surface area contributed by atoms with Gasteiger partial charge in [0.2, 0.25) is 0 Å². The highest BCUT2D eigenvalue weighted by molar-refractivity contribution is 6.42. The topological polar surface area (TPSA) is 107 Å². The number of piperidine rings is 1. The lowest BCUT2D eigenvalue weighted by Crippen LogP contribution is -2.49. The number of carbonyl (C=O) groups is 1. The summed E-state index contributed by atoms with van der Waals surface area (Å²) in [5, 5.41) is 29.1. The maximum Gasteiger partial charge on any atom is 0.253 e. The van der Waals surface area contributed by atoms with Crippen LogP contribution in [0.1, 0.15) is 31.4 Å². The normalized spacial score (nSPS) is 19.8. The quantitative estimate of drug-likeness (QED) is 0.639. The highest BCUT2D eigenvalue weighted by Crippen LogP contribution is 2.45. The van der Waals surface area contributed by atoms with Gasteiger partial charge in [0.1, 0.15) is 5.75 Å². The maximum absolute atomic E-state index is 11.9. The second-order valence-electron chi connectivity index (χ2n) is 6.48. The fraction of sp³-hybridized carbons (Fsp3) is 0.562. The van der Waals surface area contributed by atoms with E-state index in [4.69, 9.17) is 34.0 Å². The molecule has 2 rings (SSSR count). The highest BCUT2D eigenvalue weighted by Gasteiger charge is 2.39. The van der Waals surface area contributed by atoms with Gasteiger partial charge in [-0.15, -0.1) is 0 Å². The lowest BCUT2D eigenvalue weighted by atomic mass is 9.72. The van der Waals surface area contributed by atoms with Crippen LogP contribution < -0.4 is 5.73 Å². The van der Waals surface area contributed by atoms with E-state index in [0.29, 0.717) is 36.5 Å². The van der Waals surface area contributed by atoms with E-state index in [1.165, 1.54) is 11.0 Å². The van der Waals surface area contributed by atoms with Gasteiger partial charge in [0.25, 0.3) is 5.91 Å². The summed E-state index contributed by atoms with van der Waals surface area (Å²) in [5.41, 5.74) is 6.54. The minimum atomic E-state index is -1.39. The summed E-state index contributed by atoms with van der Waals surface area (Å²) in [4.78, 5) is 13.4. The number of aliphatic hydroxyl groups is 2. The second kappa shape index (κ2) is 7.45. The molecule has 1 fully saturated rings. The minimum Gasteiger partial charge on any atom is -0.508 e. The van der Waals surface area contributed by atoms with Crippen molar-refractivity contribution in [2.24, 2.45) is 11.1 Å². The van der Waals surface area contributed by atoms with Gasteiger partial charge in [-0.3, -0.25) is 4.79 Å². The summed E-state index contributed by atoms with van der Waals surface area (Å²) < 4.78 is 0. The van der Waals surface area contributed by atoms with Crippen molar-refractivity contribution in [3.63, 3.8) is 0 Å². The van der Waals surface area contributed by atoms with Gasteiger partial charge in [0, 0.05) is 30.8 Å². The Morgan fingerprint density at radius 3 is 2.42 bits per heavy atom. The molecule has 1 amide bonds. The lowest BCUT2D eigenvalue weighted by Gasteiger charge is -2.43. The molecule has 0 aromatic heterocycles. The first kappa shape index (κ1) is 19.3. The molecular weight excluding hydrogens is 355 g/mol. The van der Waals surface area contributed by atoms with Crippen LogP contribution in [-0.4, -0.2) is 51.9 Å². The number of hydrogen-bond donors (Lipinski definition) is 4. The van der Waals surface area contributed by atoms with Crippen LogP contribution in [0.3, 0.4) is 0 Å². The molecule has 2 unspecified atom stereocenters. The van der Waals surface area contributed by atoms with Gasteiger partial charge < -0.3 is 26.0 Å². The molecule has 1 heterocycles. The first-order valence-corrected chi connectivity index (χ1v) is 8.46. The molecule has 0 aliphatic carbocycles. The van der Waals surface area contributed by atoms with Crippen molar-refractivity contribution in [3.05, 3.63) is 27.7 Å². The van der Waals surface area contributed by atoms with Crippen LogP contribution in [0.2, 0.25) is 10.0 Å². The van der Waals surface area contributed by atoms with E-state index < -0.39 is 24.7 Å². The molecule has 0 saturated carbocycles. The standard InChI is InChI=1S/C16H22Cl2N2O4/c1-16(2-4-20(5-3-16)15(24)13(23)8-21)14(19)9-6-10(17)11(18)7-12(9)22/h6-7,13-14,21-23H,2-5,8,19H2,1H3. The van der Waals surface area contributed by atoms with E-state index >= 15 is 0 Å². The molecule has 134 valence electrons. The lowest BCUT2D eigenvalue weighted by molar-refractivity contribution is -0.144. The van der Waals surface area contributed by atoms with E-state index in [-0.39, 0.29) is 16.2 Å². The molecule has 1 saturated heterocycles. The van der Waals surface area contributed by atoms with Crippen LogP contribution in [0, 0.1) is 5.41 Å². The van der Waals surface area contributed by atoms with Crippen molar-refractivity contribution in [2.45, 2.75) is 31.9 Å². The van der Waals surface area contributed by atoms with Crippen molar-refractivity contribution in [1.29, 1.82) is 0 Å². The third-order valence-corrected chi connectivity index (χ3v) is 5.55. The van der Waals surface area contributed by atoms with Gasteiger partial charge in [-0.1, -0.05) is 30.1 Å². The first-order chi connectivity index (χ1) is 11.2. The van der Waals surface area contributed by atoms with Crippen LogP contribution in [0.4, 0.5) is 0 Å². The number of aliphatic hydroxyl groups excluding tert-OH is 2. The first-order valence-electron chi connectivity index (χ1n) is 7.71. The molecule has 1 aliphatic heterocycles. The van der Waals surface area contributed by atoms with Crippen molar-refractivity contribution < 1.29 is 20.1 Å². The zero-order valence-electron chi connectivity index (χ0n) is 13.4. The van der Waals surface area contributed by atoms with E-state index in [0.717, 1.165) is 0 Å². The van der Waals surface area contributed by atoms with Gasteiger partial charge >= 0.3 is 0 Å². The number of rotatable bonds is 4. The molecule has 1 aromatic rings. The van der Waals surface area contributed by atoms with Gasteiger partial charge in [0.05, 0.1) is 16.7 Å². The van der Waals surface area contributed by atoms with E-state index in [1.54, 1.807) is 6.07 Å². The van der Waals surface area contributed by atoms with Crippen LogP contribution in [0.5, 0.6) is 5.75 Å². The number of nitrogens with two attached hydrogens (primary N) is 1. The molecular formula is C16H22Cl2N2O4. The summed E-state index contributed by atoms with van der Waals surface area (Å²) >= 11 is 11.9.